The van der Waals surface area contributed by atoms with Crippen LogP contribution in [0.25, 0.3) is 10.8 Å². The largest absolute Gasteiger partial charge is 0.524 e. The van der Waals surface area contributed by atoms with Gasteiger partial charge in [-0.2, -0.15) is 0 Å². The Morgan fingerprint density at radius 2 is 1.50 bits per heavy atom. The third-order valence-corrected chi connectivity index (χ3v) is 3.78. The zero-order valence-electron chi connectivity index (χ0n) is 12.4. The fourth-order valence-corrected chi connectivity index (χ4v) is 2.73. The summed E-state index contributed by atoms with van der Waals surface area (Å²) in [7, 11) is -4.79. The predicted molar refractivity (Wildman–Crippen MR) is 91.0 cm³/mol. The molecule has 0 aliphatic heterocycles. The number of nitrogens with one attached hydrogen (secondary N) is 1. The number of para-hydroxylation sites is 1. The summed E-state index contributed by atoms with van der Waals surface area (Å²) in [5.41, 5.74) is 0.610. The number of rotatable bonds is 4. The lowest BCUT2D eigenvalue weighted by molar-refractivity contribution is 0.102. The van der Waals surface area contributed by atoms with Crippen LogP contribution in [0.5, 0.6) is 5.75 Å². The van der Waals surface area contributed by atoms with E-state index in [0.29, 0.717) is 11.1 Å². The number of benzene rings is 3. The normalized spacial score (nSPS) is 11.2. The molecule has 0 bridgehead atoms. The van der Waals surface area contributed by atoms with Crippen LogP contribution < -0.4 is 9.84 Å². The Labute approximate surface area is 137 Å². The lowest BCUT2D eigenvalue weighted by Gasteiger charge is -2.13. The van der Waals surface area contributed by atoms with Crippen LogP contribution in [-0.4, -0.2) is 15.7 Å². The van der Waals surface area contributed by atoms with Crippen LogP contribution in [0.3, 0.4) is 0 Å². The maximum absolute atomic E-state index is 12.5. The van der Waals surface area contributed by atoms with Crippen LogP contribution in [0.15, 0.2) is 66.7 Å². The molecule has 3 rings (SSSR count). The van der Waals surface area contributed by atoms with Crippen LogP contribution in [0.4, 0.5) is 5.69 Å². The van der Waals surface area contributed by atoms with Gasteiger partial charge < -0.3 is 9.84 Å². The van der Waals surface area contributed by atoms with Gasteiger partial charge >= 0.3 is 7.82 Å². The number of phosphoric ester groups is 1. The zero-order valence-corrected chi connectivity index (χ0v) is 13.3. The molecule has 0 saturated heterocycles. The molecule has 0 atom stereocenters. The molecule has 0 unspecified atom stereocenters. The van der Waals surface area contributed by atoms with Crippen molar-refractivity contribution in [3.63, 3.8) is 0 Å². The van der Waals surface area contributed by atoms with E-state index < -0.39 is 13.7 Å². The van der Waals surface area contributed by atoms with Crippen LogP contribution in [-0.2, 0) is 4.57 Å². The highest BCUT2D eigenvalue weighted by Gasteiger charge is 2.22. The first-order chi connectivity index (χ1) is 11.4. The number of phosphoric acid groups is 1. The number of fused-ring (bicyclic) bond motifs is 1. The predicted octanol–water partition coefficient (Wildman–Crippen LogP) is 3.56. The maximum atomic E-state index is 12.5. The molecule has 0 aliphatic rings. The molecule has 0 aromatic heterocycles. The quantitative estimate of drug-likeness (QED) is 0.630. The van der Waals surface area contributed by atoms with E-state index in [1.165, 1.54) is 6.07 Å². The molecule has 0 radical (unpaired) electrons. The Kier molecular flexibility index (Phi) is 4.36. The number of hydrogen-bond acceptors (Lipinski definition) is 3. The molecule has 0 fully saturated rings. The molecule has 1 amide bonds. The van der Waals surface area contributed by atoms with Crippen molar-refractivity contribution in [1.82, 2.24) is 0 Å². The van der Waals surface area contributed by atoms with E-state index in [-0.39, 0.29) is 11.3 Å². The minimum Gasteiger partial charge on any atom is -0.403 e. The van der Waals surface area contributed by atoms with Crippen molar-refractivity contribution in [2.45, 2.75) is 0 Å². The first kappa shape index (κ1) is 16.2. The summed E-state index contributed by atoms with van der Waals surface area (Å²) in [6.45, 7) is 0. The molecule has 6 nitrogen and oxygen atoms in total. The van der Waals surface area contributed by atoms with Crippen molar-refractivity contribution >= 4 is 30.2 Å². The van der Waals surface area contributed by atoms with E-state index in [2.05, 4.69) is 5.32 Å². The fourth-order valence-electron chi connectivity index (χ4n) is 2.32. The second-order valence-corrected chi connectivity index (χ2v) is 6.26. The van der Waals surface area contributed by atoms with Gasteiger partial charge in [-0.3, -0.25) is 14.6 Å². The molecular formula is C17H14NO5P. The molecule has 7 heteroatoms. The lowest BCUT2D eigenvalue weighted by atomic mass is 10.1. The Morgan fingerprint density at radius 1 is 0.917 bits per heavy atom. The Morgan fingerprint density at radius 3 is 2.12 bits per heavy atom. The number of carbonyl (C=O) groups is 1. The van der Waals surface area contributed by atoms with Crippen molar-refractivity contribution in [3.8, 4) is 5.75 Å². The molecule has 24 heavy (non-hydrogen) atoms. The summed E-state index contributed by atoms with van der Waals surface area (Å²) in [5, 5.41) is 4.14. The van der Waals surface area contributed by atoms with Crippen molar-refractivity contribution in [2.75, 3.05) is 5.32 Å². The molecule has 3 aromatic rings. The van der Waals surface area contributed by atoms with E-state index in [1.54, 1.807) is 48.5 Å². The van der Waals surface area contributed by atoms with Crippen molar-refractivity contribution < 1.29 is 23.7 Å². The molecule has 122 valence electrons. The van der Waals surface area contributed by atoms with Gasteiger partial charge in [-0.25, -0.2) is 4.57 Å². The minimum atomic E-state index is -4.79. The summed E-state index contributed by atoms with van der Waals surface area (Å²) >= 11 is 0. The average molecular weight is 343 g/mol. The number of hydrogen-bond donors (Lipinski definition) is 3. The number of carbonyl (C=O) groups excluding carboxylic acids is 1. The van der Waals surface area contributed by atoms with Crippen LogP contribution in [0, 0.1) is 0 Å². The third kappa shape index (κ3) is 3.81. The van der Waals surface area contributed by atoms with Crippen molar-refractivity contribution in [1.29, 1.82) is 0 Å². The van der Waals surface area contributed by atoms with Gasteiger partial charge in [-0.15, -0.1) is 0 Å². The summed E-state index contributed by atoms with van der Waals surface area (Å²) in [6.07, 6.45) is 0. The van der Waals surface area contributed by atoms with Gasteiger partial charge in [-0.1, -0.05) is 42.5 Å². The van der Waals surface area contributed by atoms with Crippen molar-refractivity contribution in [3.05, 3.63) is 72.3 Å². The van der Waals surface area contributed by atoms with Gasteiger partial charge in [0.15, 0.2) is 0 Å². The third-order valence-electron chi connectivity index (χ3n) is 3.34. The average Bonchev–Trinajstić information content (AvgIpc) is 2.53. The van der Waals surface area contributed by atoms with E-state index in [4.69, 9.17) is 14.3 Å². The van der Waals surface area contributed by atoms with Crippen LogP contribution >= 0.6 is 7.82 Å². The molecular weight excluding hydrogens is 329 g/mol. The van der Waals surface area contributed by atoms with E-state index >= 15 is 0 Å². The van der Waals surface area contributed by atoms with Gasteiger partial charge in [0.1, 0.15) is 5.75 Å². The van der Waals surface area contributed by atoms with Crippen LogP contribution in [0.1, 0.15) is 10.4 Å². The fraction of sp³-hybridized carbons (Fsp3) is 0. The first-order valence-electron chi connectivity index (χ1n) is 7.07. The highest BCUT2D eigenvalue weighted by molar-refractivity contribution is 7.46. The second-order valence-electron chi connectivity index (χ2n) is 5.10. The minimum absolute atomic E-state index is 0.0425. The smallest absolute Gasteiger partial charge is 0.403 e. The standard InChI is InChI=1S/C17H14NO5P/c19-17(18-14-8-2-1-3-9-14)15-10-12-6-4-5-7-13(12)11-16(15)23-24(20,21)22/h1-11H,(H,18,19)(H2,20,21,22). The molecule has 3 N–H and O–H groups in total. The highest BCUT2D eigenvalue weighted by atomic mass is 31.2. The Hall–Kier alpha value is -2.66. The summed E-state index contributed by atoms with van der Waals surface area (Å²) in [6, 6.07) is 18.9. The van der Waals surface area contributed by atoms with E-state index in [9.17, 15) is 9.36 Å². The van der Waals surface area contributed by atoms with E-state index in [1.807, 2.05) is 12.1 Å². The first-order valence-corrected chi connectivity index (χ1v) is 8.60. The summed E-state index contributed by atoms with van der Waals surface area (Å²) in [5.74, 6) is -0.689. The summed E-state index contributed by atoms with van der Waals surface area (Å²) < 4.78 is 15.9. The molecule has 3 aromatic carbocycles. The zero-order chi connectivity index (χ0) is 17.2. The van der Waals surface area contributed by atoms with Gasteiger partial charge in [0.05, 0.1) is 5.56 Å². The SMILES string of the molecule is O=C(Nc1ccccc1)c1cc2ccccc2cc1OP(=O)(O)O. The molecule has 0 saturated carbocycles. The maximum Gasteiger partial charge on any atom is 0.524 e. The molecule has 0 spiro atoms. The molecule has 0 heterocycles. The van der Waals surface area contributed by atoms with Gasteiger partial charge in [0.25, 0.3) is 5.91 Å². The monoisotopic (exact) mass is 343 g/mol. The molecule has 0 aliphatic carbocycles. The lowest BCUT2D eigenvalue weighted by Crippen LogP contribution is -2.13. The summed E-state index contributed by atoms with van der Waals surface area (Å²) in [4.78, 5) is 30.7. The topological polar surface area (TPSA) is 95.9 Å². The Bertz CT molecular complexity index is 936. The van der Waals surface area contributed by atoms with Gasteiger partial charge in [0, 0.05) is 5.69 Å². The number of anilines is 1. The Balaban J connectivity index is 2.05. The van der Waals surface area contributed by atoms with E-state index in [0.717, 1.165) is 5.39 Å². The second kappa shape index (κ2) is 6.45. The van der Waals surface area contributed by atoms with Gasteiger partial charge in [0.2, 0.25) is 0 Å². The van der Waals surface area contributed by atoms with Crippen molar-refractivity contribution in [2.24, 2.45) is 0 Å². The highest BCUT2D eigenvalue weighted by Crippen LogP contribution is 2.40. The van der Waals surface area contributed by atoms with Gasteiger partial charge in [-0.05, 0) is 35.0 Å². The van der Waals surface area contributed by atoms with Crippen LogP contribution in [0.2, 0.25) is 0 Å². The number of amides is 1.